The van der Waals surface area contributed by atoms with E-state index in [-0.39, 0.29) is 0 Å². The van der Waals surface area contributed by atoms with Crippen molar-refractivity contribution >= 4 is 5.69 Å². The summed E-state index contributed by atoms with van der Waals surface area (Å²) in [5.74, 6) is 0.997. The van der Waals surface area contributed by atoms with Crippen molar-refractivity contribution in [3.8, 4) is 22.9 Å². The zero-order valence-electron chi connectivity index (χ0n) is 11.2. The van der Waals surface area contributed by atoms with Gasteiger partial charge < -0.3 is 10.2 Å². The molecule has 1 aromatic heterocycles. The quantitative estimate of drug-likeness (QED) is 0.735. The summed E-state index contributed by atoms with van der Waals surface area (Å²) in [6, 6.07) is 15.5. The summed E-state index contributed by atoms with van der Waals surface area (Å²) >= 11 is 0. The van der Waals surface area contributed by atoms with Gasteiger partial charge in [0.1, 0.15) is 0 Å². The van der Waals surface area contributed by atoms with Crippen LogP contribution in [0, 0.1) is 0 Å². The summed E-state index contributed by atoms with van der Waals surface area (Å²) in [5, 5.41) is 8.16. The molecule has 0 spiro atoms. The number of hydrogen-bond donors (Lipinski definition) is 1. The molecular formula is C16H15N3O. The Morgan fingerprint density at radius 3 is 2.30 bits per heavy atom. The first-order chi connectivity index (χ1) is 9.76. The maximum atomic E-state index is 5.76. The highest BCUT2D eigenvalue weighted by atomic mass is 16.4. The Balaban J connectivity index is 1.93. The van der Waals surface area contributed by atoms with Crippen molar-refractivity contribution < 1.29 is 4.42 Å². The van der Waals surface area contributed by atoms with E-state index < -0.39 is 0 Å². The third-order valence-corrected chi connectivity index (χ3v) is 3.17. The van der Waals surface area contributed by atoms with E-state index in [4.69, 9.17) is 10.2 Å². The molecule has 0 radical (unpaired) electrons. The number of benzene rings is 2. The smallest absolute Gasteiger partial charge is 0.248 e. The fourth-order valence-electron chi connectivity index (χ4n) is 2.01. The van der Waals surface area contributed by atoms with Crippen LogP contribution < -0.4 is 5.73 Å². The van der Waals surface area contributed by atoms with Crippen molar-refractivity contribution in [2.45, 2.75) is 13.3 Å². The van der Waals surface area contributed by atoms with E-state index in [0.29, 0.717) is 17.5 Å². The van der Waals surface area contributed by atoms with Gasteiger partial charge in [-0.05, 0) is 42.3 Å². The van der Waals surface area contributed by atoms with Gasteiger partial charge in [-0.2, -0.15) is 0 Å². The fourth-order valence-corrected chi connectivity index (χ4v) is 2.01. The summed E-state index contributed by atoms with van der Waals surface area (Å²) in [7, 11) is 0. The van der Waals surface area contributed by atoms with E-state index in [1.165, 1.54) is 5.56 Å². The molecular weight excluding hydrogens is 250 g/mol. The monoisotopic (exact) mass is 265 g/mol. The first kappa shape index (κ1) is 12.4. The number of nitrogen functional groups attached to an aromatic ring is 1. The van der Waals surface area contributed by atoms with E-state index >= 15 is 0 Å². The first-order valence-corrected chi connectivity index (χ1v) is 6.55. The van der Waals surface area contributed by atoms with Crippen LogP contribution in [0.2, 0.25) is 0 Å². The van der Waals surface area contributed by atoms with E-state index in [9.17, 15) is 0 Å². The second kappa shape index (κ2) is 5.17. The second-order valence-electron chi connectivity index (χ2n) is 4.59. The molecule has 0 atom stereocenters. The highest BCUT2D eigenvalue weighted by Gasteiger charge is 2.10. The lowest BCUT2D eigenvalue weighted by Crippen LogP contribution is -1.84. The molecule has 1 heterocycles. The van der Waals surface area contributed by atoms with Crippen LogP contribution in [0.5, 0.6) is 0 Å². The van der Waals surface area contributed by atoms with Gasteiger partial charge in [-0.25, -0.2) is 0 Å². The lowest BCUT2D eigenvalue weighted by Gasteiger charge is -1.98. The minimum atomic E-state index is 0.479. The Kier molecular flexibility index (Phi) is 3.21. The minimum Gasteiger partial charge on any atom is -0.416 e. The first-order valence-electron chi connectivity index (χ1n) is 6.55. The average Bonchev–Trinajstić information content (AvgIpc) is 2.97. The van der Waals surface area contributed by atoms with Crippen molar-refractivity contribution in [3.63, 3.8) is 0 Å². The Bertz CT molecular complexity index is 717. The molecule has 0 aliphatic carbocycles. The third kappa shape index (κ3) is 2.40. The van der Waals surface area contributed by atoms with E-state index in [1.807, 2.05) is 36.4 Å². The van der Waals surface area contributed by atoms with Gasteiger partial charge in [0.05, 0.1) is 0 Å². The lowest BCUT2D eigenvalue weighted by atomic mass is 10.1. The molecule has 0 saturated carbocycles. The number of rotatable bonds is 3. The molecule has 4 nitrogen and oxygen atoms in total. The van der Waals surface area contributed by atoms with Crippen LogP contribution in [-0.2, 0) is 6.42 Å². The molecule has 0 amide bonds. The number of aryl methyl sites for hydroxylation is 1. The van der Waals surface area contributed by atoms with Gasteiger partial charge >= 0.3 is 0 Å². The van der Waals surface area contributed by atoms with Crippen LogP contribution in [0.4, 0.5) is 5.69 Å². The molecule has 0 saturated heterocycles. The normalized spacial score (nSPS) is 10.7. The molecule has 0 bridgehead atoms. The largest absolute Gasteiger partial charge is 0.416 e. The minimum absolute atomic E-state index is 0.479. The fraction of sp³-hybridized carbons (Fsp3) is 0.125. The molecule has 20 heavy (non-hydrogen) atoms. The molecule has 2 aromatic carbocycles. The van der Waals surface area contributed by atoms with Gasteiger partial charge in [0.2, 0.25) is 11.8 Å². The third-order valence-electron chi connectivity index (χ3n) is 3.17. The predicted molar refractivity (Wildman–Crippen MR) is 79.0 cm³/mol. The Morgan fingerprint density at radius 1 is 0.950 bits per heavy atom. The summed E-state index contributed by atoms with van der Waals surface area (Å²) in [5.41, 5.74) is 9.46. The van der Waals surface area contributed by atoms with Crippen LogP contribution in [-0.4, -0.2) is 10.2 Å². The topological polar surface area (TPSA) is 64.9 Å². The number of nitrogens with zero attached hydrogens (tertiary/aromatic N) is 2. The van der Waals surface area contributed by atoms with Gasteiger partial charge in [-0.15, -0.1) is 10.2 Å². The molecule has 3 aromatic rings. The summed E-state index contributed by atoms with van der Waals surface area (Å²) in [4.78, 5) is 0. The van der Waals surface area contributed by atoms with Gasteiger partial charge in [0.15, 0.2) is 0 Å². The van der Waals surface area contributed by atoms with Gasteiger partial charge in [0.25, 0.3) is 0 Å². The lowest BCUT2D eigenvalue weighted by molar-refractivity contribution is 0.584. The molecule has 3 rings (SSSR count). The highest BCUT2D eigenvalue weighted by Crippen LogP contribution is 2.25. The molecule has 0 aliphatic rings. The van der Waals surface area contributed by atoms with Crippen LogP contribution in [0.1, 0.15) is 12.5 Å². The maximum Gasteiger partial charge on any atom is 0.248 e. The molecule has 0 unspecified atom stereocenters. The highest BCUT2D eigenvalue weighted by molar-refractivity contribution is 5.61. The van der Waals surface area contributed by atoms with Crippen LogP contribution >= 0.6 is 0 Å². The van der Waals surface area contributed by atoms with Crippen molar-refractivity contribution in [1.29, 1.82) is 0 Å². The standard InChI is InChI=1S/C16H15N3O/c1-2-11-6-8-12(9-7-11)15-18-19-16(20-15)13-4-3-5-14(17)10-13/h3-10H,2,17H2,1H3. The molecule has 100 valence electrons. The summed E-state index contributed by atoms with van der Waals surface area (Å²) in [6.07, 6.45) is 1.01. The number of hydrogen-bond acceptors (Lipinski definition) is 4. The van der Waals surface area contributed by atoms with Crippen molar-refractivity contribution in [2.24, 2.45) is 0 Å². The van der Waals surface area contributed by atoms with Gasteiger partial charge in [0, 0.05) is 16.8 Å². The van der Waals surface area contributed by atoms with Crippen LogP contribution in [0.25, 0.3) is 22.9 Å². The zero-order valence-corrected chi connectivity index (χ0v) is 11.2. The summed E-state index contributed by atoms with van der Waals surface area (Å²) in [6.45, 7) is 2.12. The maximum absolute atomic E-state index is 5.76. The number of nitrogens with two attached hydrogens (primary N) is 1. The van der Waals surface area contributed by atoms with Crippen molar-refractivity contribution in [1.82, 2.24) is 10.2 Å². The SMILES string of the molecule is CCc1ccc(-c2nnc(-c3cccc(N)c3)o2)cc1. The van der Waals surface area contributed by atoms with Gasteiger partial charge in [-0.3, -0.25) is 0 Å². The number of anilines is 1. The summed E-state index contributed by atoms with van der Waals surface area (Å²) < 4.78 is 5.71. The Morgan fingerprint density at radius 2 is 1.65 bits per heavy atom. The Labute approximate surface area is 117 Å². The number of aromatic nitrogens is 2. The van der Waals surface area contributed by atoms with E-state index in [2.05, 4.69) is 29.3 Å². The predicted octanol–water partition coefficient (Wildman–Crippen LogP) is 3.55. The average molecular weight is 265 g/mol. The molecule has 0 aliphatic heterocycles. The van der Waals surface area contributed by atoms with Gasteiger partial charge in [-0.1, -0.05) is 25.1 Å². The Hall–Kier alpha value is -2.62. The van der Waals surface area contributed by atoms with E-state index in [1.54, 1.807) is 0 Å². The van der Waals surface area contributed by atoms with Crippen LogP contribution in [0.3, 0.4) is 0 Å². The molecule has 0 fully saturated rings. The second-order valence-corrected chi connectivity index (χ2v) is 4.59. The zero-order chi connectivity index (χ0) is 13.9. The van der Waals surface area contributed by atoms with Crippen molar-refractivity contribution in [3.05, 3.63) is 54.1 Å². The molecule has 4 heteroatoms. The van der Waals surface area contributed by atoms with Crippen molar-refractivity contribution in [2.75, 3.05) is 5.73 Å². The van der Waals surface area contributed by atoms with Crippen LogP contribution in [0.15, 0.2) is 52.9 Å². The van der Waals surface area contributed by atoms with E-state index in [0.717, 1.165) is 17.5 Å². The molecule has 2 N–H and O–H groups in total.